The van der Waals surface area contributed by atoms with Gasteiger partial charge in [-0.05, 0) is 128 Å². The monoisotopic (exact) mass is 698 g/mol. The lowest BCUT2D eigenvalue weighted by Crippen LogP contribution is -2.14. The van der Waals surface area contributed by atoms with E-state index in [1.165, 1.54) is 110 Å². The van der Waals surface area contributed by atoms with Crippen molar-refractivity contribution in [2.24, 2.45) is 0 Å². The average molecular weight is 699 g/mol. The van der Waals surface area contributed by atoms with Crippen molar-refractivity contribution < 1.29 is 0 Å². The summed E-state index contributed by atoms with van der Waals surface area (Å²) in [5.41, 5.74) is 15.4. The Balaban J connectivity index is 1.20. The summed E-state index contributed by atoms with van der Waals surface area (Å²) < 4.78 is 0. The fourth-order valence-electron chi connectivity index (χ4n) is 9.61. The van der Waals surface area contributed by atoms with Gasteiger partial charge in [-0.3, -0.25) is 0 Å². The van der Waals surface area contributed by atoms with Crippen LogP contribution in [0.5, 0.6) is 0 Å². The third-order valence-corrected chi connectivity index (χ3v) is 12.3. The molecule has 0 nitrogen and oxygen atoms in total. The Morgan fingerprint density at radius 3 is 1.56 bits per heavy atom. The van der Waals surface area contributed by atoms with Crippen LogP contribution in [0.3, 0.4) is 0 Å². The topological polar surface area (TPSA) is 0 Å². The summed E-state index contributed by atoms with van der Waals surface area (Å²) in [4.78, 5) is 0. The lowest BCUT2D eigenvalue weighted by Gasteiger charge is -2.22. The molecule has 0 saturated heterocycles. The van der Waals surface area contributed by atoms with Gasteiger partial charge in [0, 0.05) is 5.41 Å². The second kappa shape index (κ2) is 12.1. The van der Waals surface area contributed by atoms with Crippen LogP contribution < -0.4 is 0 Å². The molecule has 0 N–H and O–H groups in total. The molecule has 0 fully saturated rings. The van der Waals surface area contributed by atoms with Crippen molar-refractivity contribution in [1.82, 2.24) is 0 Å². The smallest absolute Gasteiger partial charge is 0.0159 e. The summed E-state index contributed by atoms with van der Waals surface area (Å²) in [6.45, 7) is 4.73. The standard InChI is InChI=1S/C55H38/c1-55(2)51-27-10-9-22-44(51)45-30-28-38(34-52(45)55)37-29-31-49-50(33-37)53(40-19-11-18-39(32-40)43-25-12-16-35-14-3-5-20-41(35)43)47-23-7-8-24-48(47)54(49)46-26-13-17-36-15-4-6-21-42(36)46/h3-34H,1-2H3. The normalized spacial score (nSPS) is 13.1. The van der Waals surface area contributed by atoms with Crippen LogP contribution in [0.4, 0.5) is 0 Å². The summed E-state index contributed by atoms with van der Waals surface area (Å²) >= 11 is 0. The number of benzene rings is 10. The number of rotatable bonds is 4. The highest BCUT2D eigenvalue weighted by Gasteiger charge is 2.35. The van der Waals surface area contributed by atoms with Gasteiger partial charge in [0.2, 0.25) is 0 Å². The SMILES string of the molecule is CC1(C)c2ccccc2-c2ccc(-c3ccc4c(-c5cccc6ccccc56)c5ccccc5c(-c5cccc(-c6cccc7ccccc67)c5)c4c3)cc21. The molecule has 0 saturated carbocycles. The second-order valence-electron chi connectivity index (χ2n) is 15.6. The van der Waals surface area contributed by atoms with E-state index in [1.807, 2.05) is 0 Å². The zero-order valence-electron chi connectivity index (χ0n) is 31.0. The summed E-state index contributed by atoms with van der Waals surface area (Å²) in [5, 5.41) is 10.1. The first-order valence-electron chi connectivity index (χ1n) is 19.3. The van der Waals surface area contributed by atoms with Crippen molar-refractivity contribution in [3.8, 4) is 55.6 Å². The van der Waals surface area contributed by atoms with E-state index in [-0.39, 0.29) is 5.41 Å². The van der Waals surface area contributed by atoms with Gasteiger partial charge in [-0.25, -0.2) is 0 Å². The molecule has 10 aromatic carbocycles. The largest absolute Gasteiger partial charge is 0.0619 e. The molecule has 0 atom stereocenters. The van der Waals surface area contributed by atoms with Crippen molar-refractivity contribution in [2.45, 2.75) is 19.3 Å². The van der Waals surface area contributed by atoms with Crippen LogP contribution in [0, 0.1) is 0 Å². The van der Waals surface area contributed by atoms with Crippen LogP contribution >= 0.6 is 0 Å². The molecule has 0 aromatic heterocycles. The Bertz CT molecular complexity index is 3170. The van der Waals surface area contributed by atoms with Gasteiger partial charge in [0.05, 0.1) is 0 Å². The fourth-order valence-corrected chi connectivity index (χ4v) is 9.61. The summed E-state index contributed by atoms with van der Waals surface area (Å²) in [5.74, 6) is 0. The van der Waals surface area contributed by atoms with Gasteiger partial charge in [0.1, 0.15) is 0 Å². The molecule has 0 aliphatic heterocycles. The van der Waals surface area contributed by atoms with Gasteiger partial charge in [0.15, 0.2) is 0 Å². The molecule has 258 valence electrons. The first-order chi connectivity index (χ1) is 27.0. The molecular formula is C55H38. The lowest BCUT2D eigenvalue weighted by atomic mass is 9.81. The third-order valence-electron chi connectivity index (χ3n) is 12.3. The van der Waals surface area contributed by atoms with Crippen LogP contribution in [-0.4, -0.2) is 0 Å². The molecule has 0 amide bonds. The second-order valence-corrected chi connectivity index (χ2v) is 15.6. The van der Waals surface area contributed by atoms with E-state index in [9.17, 15) is 0 Å². The summed E-state index contributed by atoms with van der Waals surface area (Å²) in [6.07, 6.45) is 0. The first-order valence-corrected chi connectivity index (χ1v) is 19.3. The molecule has 0 heteroatoms. The van der Waals surface area contributed by atoms with Crippen LogP contribution in [0.1, 0.15) is 25.0 Å². The maximum absolute atomic E-state index is 2.47. The van der Waals surface area contributed by atoms with Gasteiger partial charge in [-0.2, -0.15) is 0 Å². The van der Waals surface area contributed by atoms with Crippen molar-refractivity contribution in [1.29, 1.82) is 0 Å². The molecule has 0 bridgehead atoms. The molecule has 1 aliphatic carbocycles. The number of hydrogen-bond acceptors (Lipinski definition) is 0. The summed E-state index contributed by atoms with van der Waals surface area (Å²) in [6, 6.07) is 72.3. The Morgan fingerprint density at radius 2 is 0.782 bits per heavy atom. The van der Waals surface area contributed by atoms with Crippen LogP contribution in [0.25, 0.3) is 98.7 Å². The molecule has 0 unspecified atom stereocenters. The number of hydrogen-bond donors (Lipinski definition) is 0. The van der Waals surface area contributed by atoms with E-state index in [0.29, 0.717) is 0 Å². The Labute approximate surface area is 322 Å². The van der Waals surface area contributed by atoms with Gasteiger partial charge in [0.25, 0.3) is 0 Å². The van der Waals surface area contributed by atoms with Crippen molar-refractivity contribution in [3.05, 3.63) is 205 Å². The Morgan fingerprint density at radius 1 is 0.273 bits per heavy atom. The highest BCUT2D eigenvalue weighted by Crippen LogP contribution is 2.51. The van der Waals surface area contributed by atoms with Crippen molar-refractivity contribution in [3.63, 3.8) is 0 Å². The molecule has 0 radical (unpaired) electrons. The van der Waals surface area contributed by atoms with Gasteiger partial charge < -0.3 is 0 Å². The third kappa shape index (κ3) is 4.85. The van der Waals surface area contributed by atoms with E-state index >= 15 is 0 Å². The molecule has 55 heavy (non-hydrogen) atoms. The highest BCUT2D eigenvalue weighted by atomic mass is 14.4. The zero-order valence-corrected chi connectivity index (χ0v) is 31.0. The maximum Gasteiger partial charge on any atom is 0.0159 e. The minimum absolute atomic E-state index is 0.0657. The van der Waals surface area contributed by atoms with E-state index in [1.54, 1.807) is 0 Å². The predicted molar refractivity (Wildman–Crippen MR) is 236 cm³/mol. The molecule has 0 spiro atoms. The maximum atomic E-state index is 2.47. The predicted octanol–water partition coefficient (Wildman–Crippen LogP) is 15.3. The molecule has 1 aliphatic rings. The lowest BCUT2D eigenvalue weighted by molar-refractivity contribution is 0.660. The van der Waals surface area contributed by atoms with Gasteiger partial charge in [-0.15, -0.1) is 0 Å². The van der Waals surface area contributed by atoms with E-state index in [4.69, 9.17) is 0 Å². The highest BCUT2D eigenvalue weighted by molar-refractivity contribution is 6.24. The van der Waals surface area contributed by atoms with Crippen molar-refractivity contribution >= 4 is 43.1 Å². The first kappa shape index (κ1) is 31.7. The average Bonchev–Trinajstić information content (AvgIpc) is 3.47. The van der Waals surface area contributed by atoms with E-state index < -0.39 is 0 Å². The minimum Gasteiger partial charge on any atom is -0.0619 e. The van der Waals surface area contributed by atoms with Crippen LogP contribution in [0.15, 0.2) is 194 Å². The van der Waals surface area contributed by atoms with E-state index in [2.05, 4.69) is 208 Å². The number of fused-ring (bicyclic) bond motifs is 7. The Kier molecular flexibility index (Phi) is 7.00. The molecule has 11 rings (SSSR count). The molecular weight excluding hydrogens is 661 g/mol. The van der Waals surface area contributed by atoms with E-state index in [0.717, 1.165) is 0 Å². The van der Waals surface area contributed by atoms with Crippen molar-refractivity contribution in [2.75, 3.05) is 0 Å². The molecule has 0 heterocycles. The minimum atomic E-state index is -0.0657. The van der Waals surface area contributed by atoms with Gasteiger partial charge >= 0.3 is 0 Å². The molecule has 10 aromatic rings. The quantitative estimate of drug-likeness (QED) is 0.161. The fraction of sp³-hybridized carbons (Fsp3) is 0.0545. The summed E-state index contributed by atoms with van der Waals surface area (Å²) in [7, 11) is 0. The Hall–Kier alpha value is -6.76. The zero-order chi connectivity index (χ0) is 36.7. The van der Waals surface area contributed by atoms with Gasteiger partial charge in [-0.1, -0.05) is 190 Å². The van der Waals surface area contributed by atoms with Crippen LogP contribution in [-0.2, 0) is 5.41 Å². The van der Waals surface area contributed by atoms with Crippen LogP contribution in [0.2, 0.25) is 0 Å².